The second kappa shape index (κ2) is 6.08. The summed E-state index contributed by atoms with van der Waals surface area (Å²) < 4.78 is 6.15. The monoisotopic (exact) mass is 302 g/mol. The zero-order chi connectivity index (χ0) is 16.3. The van der Waals surface area contributed by atoms with Gasteiger partial charge in [-0.05, 0) is 12.1 Å². The van der Waals surface area contributed by atoms with Gasteiger partial charge in [-0.15, -0.1) is 0 Å². The van der Waals surface area contributed by atoms with E-state index in [2.05, 4.69) is 10.3 Å². The number of anilines is 1. The molecule has 0 fully saturated rings. The van der Waals surface area contributed by atoms with Crippen molar-refractivity contribution in [3.8, 4) is 11.6 Å². The SMILES string of the molecule is COc1ccccc1NC(=O)C(=N)c1c(O)ncn(C)c1=O. The van der Waals surface area contributed by atoms with E-state index in [4.69, 9.17) is 10.1 Å². The summed E-state index contributed by atoms with van der Waals surface area (Å²) in [7, 11) is 2.85. The summed E-state index contributed by atoms with van der Waals surface area (Å²) in [5.41, 5.74) is -1.48. The number of carbonyl (C=O) groups is 1. The van der Waals surface area contributed by atoms with Crippen LogP contribution in [0.1, 0.15) is 5.56 Å². The fourth-order valence-corrected chi connectivity index (χ4v) is 1.80. The lowest BCUT2D eigenvalue weighted by molar-refractivity contribution is -0.110. The Hall–Kier alpha value is -3.16. The molecule has 0 atom stereocenters. The summed E-state index contributed by atoms with van der Waals surface area (Å²) in [6, 6.07) is 6.63. The minimum Gasteiger partial charge on any atom is -0.495 e. The van der Waals surface area contributed by atoms with Crippen LogP contribution in [0.5, 0.6) is 11.6 Å². The van der Waals surface area contributed by atoms with E-state index in [9.17, 15) is 14.7 Å². The third-order valence-corrected chi connectivity index (χ3v) is 2.94. The number of hydrogen-bond donors (Lipinski definition) is 3. The molecule has 2 aromatic rings. The van der Waals surface area contributed by atoms with Crippen LogP contribution in [0.25, 0.3) is 0 Å². The second-order valence-electron chi connectivity index (χ2n) is 4.39. The van der Waals surface area contributed by atoms with E-state index in [1.54, 1.807) is 24.3 Å². The van der Waals surface area contributed by atoms with Gasteiger partial charge in [0, 0.05) is 7.05 Å². The molecular weight excluding hydrogens is 288 g/mol. The van der Waals surface area contributed by atoms with Crippen molar-refractivity contribution in [2.75, 3.05) is 12.4 Å². The highest BCUT2D eigenvalue weighted by Crippen LogP contribution is 2.23. The molecule has 0 bridgehead atoms. The first kappa shape index (κ1) is 15.2. The van der Waals surface area contributed by atoms with Crippen LogP contribution in [0.2, 0.25) is 0 Å². The van der Waals surface area contributed by atoms with Crippen LogP contribution < -0.4 is 15.6 Å². The van der Waals surface area contributed by atoms with Crippen LogP contribution in [-0.2, 0) is 11.8 Å². The smallest absolute Gasteiger partial charge is 0.274 e. The molecular formula is C14H14N4O4. The highest BCUT2D eigenvalue weighted by atomic mass is 16.5. The van der Waals surface area contributed by atoms with Crippen molar-refractivity contribution in [3.63, 3.8) is 0 Å². The van der Waals surface area contributed by atoms with Gasteiger partial charge in [-0.25, -0.2) is 4.98 Å². The number of nitrogens with one attached hydrogen (secondary N) is 2. The van der Waals surface area contributed by atoms with Gasteiger partial charge in [-0.3, -0.25) is 15.0 Å². The van der Waals surface area contributed by atoms with Crippen LogP contribution in [0, 0.1) is 5.41 Å². The predicted molar refractivity (Wildman–Crippen MR) is 79.6 cm³/mol. The molecule has 0 aliphatic carbocycles. The Balaban J connectivity index is 2.33. The number of aryl methyl sites for hydroxylation is 1. The molecule has 0 radical (unpaired) electrons. The zero-order valence-electron chi connectivity index (χ0n) is 12.0. The molecule has 0 saturated carbocycles. The molecule has 8 heteroatoms. The molecule has 2 rings (SSSR count). The highest BCUT2D eigenvalue weighted by molar-refractivity contribution is 6.48. The van der Waals surface area contributed by atoms with E-state index in [0.29, 0.717) is 11.4 Å². The first-order valence-electron chi connectivity index (χ1n) is 6.23. The Morgan fingerprint density at radius 1 is 1.41 bits per heavy atom. The Morgan fingerprint density at radius 3 is 2.77 bits per heavy atom. The van der Waals surface area contributed by atoms with Crippen LogP contribution >= 0.6 is 0 Å². The van der Waals surface area contributed by atoms with Gasteiger partial charge in [0.2, 0.25) is 5.88 Å². The summed E-state index contributed by atoms with van der Waals surface area (Å²) in [4.78, 5) is 27.6. The minimum atomic E-state index is -0.857. The van der Waals surface area contributed by atoms with Crippen molar-refractivity contribution in [1.29, 1.82) is 5.41 Å². The van der Waals surface area contributed by atoms with Gasteiger partial charge in [-0.1, -0.05) is 12.1 Å². The second-order valence-corrected chi connectivity index (χ2v) is 4.39. The average molecular weight is 302 g/mol. The van der Waals surface area contributed by atoms with Gasteiger partial charge in [0.05, 0.1) is 12.8 Å². The molecule has 0 spiro atoms. The maximum atomic E-state index is 12.1. The van der Waals surface area contributed by atoms with Crippen LogP contribution in [0.3, 0.4) is 0 Å². The van der Waals surface area contributed by atoms with Crippen LogP contribution in [0.4, 0.5) is 5.69 Å². The Morgan fingerprint density at radius 2 is 2.09 bits per heavy atom. The van der Waals surface area contributed by atoms with Crippen molar-refractivity contribution in [1.82, 2.24) is 9.55 Å². The number of hydrogen-bond acceptors (Lipinski definition) is 6. The van der Waals surface area contributed by atoms with E-state index >= 15 is 0 Å². The third-order valence-electron chi connectivity index (χ3n) is 2.94. The molecule has 0 aliphatic rings. The zero-order valence-corrected chi connectivity index (χ0v) is 12.0. The fourth-order valence-electron chi connectivity index (χ4n) is 1.80. The number of benzene rings is 1. The molecule has 0 unspecified atom stereocenters. The van der Waals surface area contributed by atoms with Gasteiger partial charge in [0.25, 0.3) is 11.5 Å². The van der Waals surface area contributed by atoms with E-state index < -0.39 is 28.6 Å². The van der Waals surface area contributed by atoms with Gasteiger partial charge in [0.15, 0.2) is 0 Å². The molecule has 0 saturated heterocycles. The standard InChI is InChI=1S/C14H14N4O4/c1-18-7-16-12(19)10(14(18)21)11(15)13(20)17-8-5-3-4-6-9(8)22-2/h3-7,15,19H,1-2H3,(H,17,20). The number of para-hydroxylation sites is 2. The number of nitrogens with zero attached hydrogens (tertiary/aromatic N) is 2. The molecule has 0 aliphatic heterocycles. The average Bonchev–Trinajstić information content (AvgIpc) is 2.51. The lowest BCUT2D eigenvalue weighted by atomic mass is 10.1. The Labute approximate surface area is 125 Å². The quantitative estimate of drug-likeness (QED) is 0.711. The number of aromatic nitrogens is 2. The maximum absolute atomic E-state index is 12.1. The maximum Gasteiger partial charge on any atom is 0.274 e. The lowest BCUT2D eigenvalue weighted by Gasteiger charge is -2.10. The van der Waals surface area contributed by atoms with Crippen LogP contribution in [0.15, 0.2) is 35.4 Å². The molecule has 1 aromatic heterocycles. The lowest BCUT2D eigenvalue weighted by Crippen LogP contribution is -2.31. The number of amides is 1. The largest absolute Gasteiger partial charge is 0.495 e. The van der Waals surface area contributed by atoms with Crippen molar-refractivity contribution < 1.29 is 14.6 Å². The van der Waals surface area contributed by atoms with Gasteiger partial charge >= 0.3 is 0 Å². The number of ether oxygens (including phenoxy) is 1. The summed E-state index contributed by atoms with van der Waals surface area (Å²) in [5, 5.41) is 19.9. The molecule has 3 N–H and O–H groups in total. The summed E-state index contributed by atoms with van der Waals surface area (Å²) in [6.07, 6.45) is 1.10. The van der Waals surface area contributed by atoms with Gasteiger partial charge < -0.3 is 19.7 Å². The molecule has 8 nitrogen and oxygen atoms in total. The van der Waals surface area contributed by atoms with E-state index in [-0.39, 0.29) is 0 Å². The summed E-state index contributed by atoms with van der Waals surface area (Å²) in [6.45, 7) is 0. The van der Waals surface area contributed by atoms with Crippen LogP contribution in [-0.4, -0.2) is 33.4 Å². The molecule has 1 heterocycles. The number of carbonyl (C=O) groups excluding carboxylic acids is 1. The Bertz CT molecular complexity index is 798. The number of rotatable bonds is 4. The fraction of sp³-hybridized carbons (Fsp3) is 0.143. The highest BCUT2D eigenvalue weighted by Gasteiger charge is 2.22. The first-order valence-corrected chi connectivity index (χ1v) is 6.23. The number of aromatic hydroxyl groups is 1. The Kier molecular flexibility index (Phi) is 4.21. The van der Waals surface area contributed by atoms with Crippen molar-refractivity contribution in [2.45, 2.75) is 0 Å². The first-order chi connectivity index (χ1) is 10.5. The number of methoxy groups -OCH3 is 1. The topological polar surface area (TPSA) is 117 Å². The normalized spacial score (nSPS) is 10.1. The molecule has 22 heavy (non-hydrogen) atoms. The molecule has 1 aromatic carbocycles. The van der Waals surface area contributed by atoms with Gasteiger partial charge in [-0.2, -0.15) is 0 Å². The van der Waals surface area contributed by atoms with Crippen molar-refractivity contribution in [3.05, 3.63) is 46.5 Å². The third kappa shape index (κ3) is 2.80. The van der Waals surface area contributed by atoms with E-state index in [0.717, 1.165) is 10.9 Å². The van der Waals surface area contributed by atoms with Gasteiger partial charge in [0.1, 0.15) is 23.4 Å². The molecule has 1 amide bonds. The van der Waals surface area contributed by atoms with Crippen molar-refractivity contribution >= 4 is 17.3 Å². The van der Waals surface area contributed by atoms with E-state index in [1.165, 1.54) is 14.2 Å². The summed E-state index contributed by atoms with van der Waals surface area (Å²) in [5.74, 6) is -1.11. The summed E-state index contributed by atoms with van der Waals surface area (Å²) >= 11 is 0. The molecule has 114 valence electrons. The van der Waals surface area contributed by atoms with E-state index in [1.807, 2.05) is 0 Å². The van der Waals surface area contributed by atoms with Crippen molar-refractivity contribution in [2.24, 2.45) is 7.05 Å². The predicted octanol–water partition coefficient (Wildman–Crippen LogP) is 0.501. The minimum absolute atomic E-state index is 0.347.